The molecule has 1 aliphatic rings. The topological polar surface area (TPSA) is 56.1 Å². The maximum atomic E-state index is 12.0. The van der Waals surface area contributed by atoms with E-state index < -0.39 is 0 Å². The first-order valence-corrected chi connectivity index (χ1v) is 6.81. The van der Waals surface area contributed by atoms with Gasteiger partial charge < -0.3 is 10.2 Å². The molecule has 1 saturated heterocycles. The molecule has 0 atom stereocenters. The monoisotopic (exact) mass is 257 g/mol. The molecule has 0 saturated carbocycles. The SMILES string of the molecule is N#Cc1cccc(CNC(=O)N2CCCCCC2)c1. The highest BCUT2D eigenvalue weighted by atomic mass is 16.2. The molecule has 0 bridgehead atoms. The Morgan fingerprint density at radius 1 is 1.26 bits per heavy atom. The minimum absolute atomic E-state index is 0.00395. The Bertz CT molecular complexity index is 471. The number of carbonyl (C=O) groups is 1. The van der Waals surface area contributed by atoms with Gasteiger partial charge in [-0.15, -0.1) is 0 Å². The van der Waals surface area contributed by atoms with Gasteiger partial charge in [0, 0.05) is 19.6 Å². The van der Waals surface area contributed by atoms with Crippen LogP contribution in [-0.4, -0.2) is 24.0 Å². The van der Waals surface area contributed by atoms with Crippen LogP contribution in [-0.2, 0) is 6.54 Å². The van der Waals surface area contributed by atoms with E-state index in [4.69, 9.17) is 5.26 Å². The van der Waals surface area contributed by atoms with E-state index in [1.807, 2.05) is 23.1 Å². The van der Waals surface area contributed by atoms with E-state index in [9.17, 15) is 4.79 Å². The number of hydrogen-bond acceptors (Lipinski definition) is 2. The van der Waals surface area contributed by atoms with E-state index >= 15 is 0 Å². The van der Waals surface area contributed by atoms with Gasteiger partial charge in [-0.2, -0.15) is 5.26 Å². The van der Waals surface area contributed by atoms with E-state index in [1.165, 1.54) is 12.8 Å². The summed E-state index contributed by atoms with van der Waals surface area (Å²) in [4.78, 5) is 13.9. The van der Waals surface area contributed by atoms with E-state index in [-0.39, 0.29) is 6.03 Å². The molecular formula is C15H19N3O. The molecule has 4 nitrogen and oxygen atoms in total. The molecule has 1 fully saturated rings. The molecule has 1 aromatic carbocycles. The Hall–Kier alpha value is -2.02. The van der Waals surface area contributed by atoms with Crippen LogP contribution in [0.3, 0.4) is 0 Å². The van der Waals surface area contributed by atoms with Crippen molar-refractivity contribution >= 4 is 6.03 Å². The number of benzene rings is 1. The Balaban J connectivity index is 1.87. The second-order valence-corrected chi connectivity index (χ2v) is 4.87. The maximum Gasteiger partial charge on any atom is 0.317 e. The molecule has 1 heterocycles. The lowest BCUT2D eigenvalue weighted by atomic mass is 10.1. The van der Waals surface area contributed by atoms with E-state index in [0.29, 0.717) is 12.1 Å². The minimum atomic E-state index is 0.00395. The van der Waals surface area contributed by atoms with Crippen LogP contribution in [0.4, 0.5) is 4.79 Å². The lowest BCUT2D eigenvalue weighted by molar-refractivity contribution is 0.199. The molecule has 0 aromatic heterocycles. The predicted octanol–water partition coefficient (Wildman–Crippen LogP) is 2.64. The first-order valence-electron chi connectivity index (χ1n) is 6.81. The first-order chi connectivity index (χ1) is 9.29. The van der Waals surface area contributed by atoms with Crippen LogP contribution in [0, 0.1) is 11.3 Å². The zero-order valence-electron chi connectivity index (χ0n) is 11.1. The second-order valence-electron chi connectivity index (χ2n) is 4.87. The summed E-state index contributed by atoms with van der Waals surface area (Å²) in [6, 6.07) is 9.44. The molecule has 1 aliphatic heterocycles. The van der Waals surface area contributed by atoms with Crippen molar-refractivity contribution < 1.29 is 4.79 Å². The number of nitrogens with one attached hydrogen (secondary N) is 1. The van der Waals surface area contributed by atoms with Crippen LogP contribution < -0.4 is 5.32 Å². The molecule has 1 N–H and O–H groups in total. The molecule has 100 valence electrons. The van der Waals surface area contributed by atoms with Gasteiger partial charge in [0.05, 0.1) is 11.6 Å². The molecule has 0 radical (unpaired) electrons. The van der Waals surface area contributed by atoms with Crippen molar-refractivity contribution in [1.82, 2.24) is 10.2 Å². The van der Waals surface area contributed by atoms with E-state index in [0.717, 1.165) is 31.5 Å². The largest absolute Gasteiger partial charge is 0.334 e. The lowest BCUT2D eigenvalue weighted by Gasteiger charge is -2.20. The van der Waals surface area contributed by atoms with E-state index in [1.54, 1.807) is 6.07 Å². The third-order valence-electron chi connectivity index (χ3n) is 3.39. The summed E-state index contributed by atoms with van der Waals surface area (Å²) >= 11 is 0. The summed E-state index contributed by atoms with van der Waals surface area (Å²) in [5.74, 6) is 0. The van der Waals surface area contributed by atoms with Gasteiger partial charge in [-0.25, -0.2) is 4.79 Å². The Morgan fingerprint density at radius 2 is 2.00 bits per heavy atom. The number of urea groups is 1. The Morgan fingerprint density at radius 3 is 2.68 bits per heavy atom. The molecule has 0 spiro atoms. The number of nitriles is 1. The average molecular weight is 257 g/mol. The van der Waals surface area contributed by atoms with Gasteiger partial charge in [-0.05, 0) is 30.5 Å². The molecule has 2 amide bonds. The highest BCUT2D eigenvalue weighted by molar-refractivity contribution is 5.74. The van der Waals surface area contributed by atoms with Crippen molar-refractivity contribution in [2.24, 2.45) is 0 Å². The van der Waals surface area contributed by atoms with Gasteiger partial charge in [0.1, 0.15) is 0 Å². The third kappa shape index (κ3) is 3.99. The van der Waals surface area contributed by atoms with Gasteiger partial charge in [-0.3, -0.25) is 0 Å². The van der Waals surface area contributed by atoms with Crippen LogP contribution in [0.15, 0.2) is 24.3 Å². The standard InChI is InChI=1S/C15H19N3O/c16-11-13-6-5-7-14(10-13)12-17-15(19)18-8-3-1-2-4-9-18/h5-7,10H,1-4,8-9,12H2,(H,17,19). The maximum absolute atomic E-state index is 12.0. The number of likely N-dealkylation sites (tertiary alicyclic amines) is 1. The summed E-state index contributed by atoms with van der Waals surface area (Å²) in [6.45, 7) is 2.18. The Labute approximate surface area is 114 Å². The molecule has 4 heteroatoms. The fraction of sp³-hybridized carbons (Fsp3) is 0.467. The van der Waals surface area contributed by atoms with Gasteiger partial charge in [0.2, 0.25) is 0 Å². The van der Waals surface area contributed by atoms with Crippen molar-refractivity contribution in [3.05, 3.63) is 35.4 Å². The molecular weight excluding hydrogens is 238 g/mol. The van der Waals surface area contributed by atoms with Crippen molar-refractivity contribution in [3.8, 4) is 6.07 Å². The molecule has 0 unspecified atom stereocenters. The van der Waals surface area contributed by atoms with Crippen LogP contribution >= 0.6 is 0 Å². The van der Waals surface area contributed by atoms with Gasteiger partial charge in [0.25, 0.3) is 0 Å². The van der Waals surface area contributed by atoms with Crippen LogP contribution in [0.1, 0.15) is 36.8 Å². The molecule has 0 aliphatic carbocycles. The normalized spacial score (nSPS) is 15.4. The number of carbonyl (C=O) groups excluding carboxylic acids is 1. The summed E-state index contributed by atoms with van der Waals surface area (Å²) in [7, 11) is 0. The van der Waals surface area contributed by atoms with Gasteiger partial charge in [-0.1, -0.05) is 25.0 Å². The zero-order valence-corrected chi connectivity index (χ0v) is 11.1. The average Bonchev–Trinajstić information content (AvgIpc) is 2.74. The van der Waals surface area contributed by atoms with Crippen LogP contribution in [0.2, 0.25) is 0 Å². The van der Waals surface area contributed by atoms with E-state index in [2.05, 4.69) is 11.4 Å². The molecule has 1 aromatic rings. The lowest BCUT2D eigenvalue weighted by Crippen LogP contribution is -2.40. The van der Waals surface area contributed by atoms with Crippen molar-refractivity contribution in [2.45, 2.75) is 32.2 Å². The number of rotatable bonds is 2. The summed E-state index contributed by atoms with van der Waals surface area (Å²) in [5, 5.41) is 11.8. The number of amides is 2. The van der Waals surface area contributed by atoms with Crippen molar-refractivity contribution in [3.63, 3.8) is 0 Å². The summed E-state index contributed by atoms with van der Waals surface area (Å²) in [6.07, 6.45) is 4.62. The minimum Gasteiger partial charge on any atom is -0.334 e. The second kappa shape index (κ2) is 6.79. The third-order valence-corrected chi connectivity index (χ3v) is 3.39. The summed E-state index contributed by atoms with van der Waals surface area (Å²) < 4.78 is 0. The fourth-order valence-corrected chi connectivity index (χ4v) is 2.31. The van der Waals surface area contributed by atoms with Crippen LogP contribution in [0.5, 0.6) is 0 Å². The highest BCUT2D eigenvalue weighted by Crippen LogP contribution is 2.10. The van der Waals surface area contributed by atoms with Crippen molar-refractivity contribution in [1.29, 1.82) is 5.26 Å². The number of hydrogen-bond donors (Lipinski definition) is 1. The van der Waals surface area contributed by atoms with Crippen LogP contribution in [0.25, 0.3) is 0 Å². The zero-order chi connectivity index (χ0) is 13.5. The highest BCUT2D eigenvalue weighted by Gasteiger charge is 2.14. The predicted molar refractivity (Wildman–Crippen MR) is 73.4 cm³/mol. The van der Waals surface area contributed by atoms with Gasteiger partial charge >= 0.3 is 6.03 Å². The molecule has 19 heavy (non-hydrogen) atoms. The van der Waals surface area contributed by atoms with Crippen molar-refractivity contribution in [2.75, 3.05) is 13.1 Å². The molecule has 2 rings (SSSR count). The number of nitrogens with zero attached hydrogens (tertiary/aromatic N) is 2. The smallest absolute Gasteiger partial charge is 0.317 e. The first kappa shape index (κ1) is 13.4. The Kier molecular flexibility index (Phi) is 4.79. The fourth-order valence-electron chi connectivity index (χ4n) is 2.31. The summed E-state index contributed by atoms with van der Waals surface area (Å²) in [5.41, 5.74) is 1.59. The van der Waals surface area contributed by atoms with Gasteiger partial charge in [0.15, 0.2) is 0 Å². The quantitative estimate of drug-likeness (QED) is 0.885.